The van der Waals surface area contributed by atoms with Gasteiger partial charge in [0.15, 0.2) is 5.96 Å². The van der Waals surface area contributed by atoms with Gasteiger partial charge in [0.05, 0.1) is 18.7 Å². The van der Waals surface area contributed by atoms with Crippen molar-refractivity contribution in [3.05, 3.63) is 35.4 Å². The van der Waals surface area contributed by atoms with Gasteiger partial charge in [-0.3, -0.25) is 4.99 Å². The van der Waals surface area contributed by atoms with Crippen LogP contribution < -0.4 is 10.6 Å². The van der Waals surface area contributed by atoms with Gasteiger partial charge < -0.3 is 20.1 Å². The van der Waals surface area contributed by atoms with Crippen molar-refractivity contribution < 1.29 is 22.6 Å². The lowest BCUT2D eigenvalue weighted by atomic mass is 9.74. The molecule has 1 aliphatic heterocycles. The summed E-state index contributed by atoms with van der Waals surface area (Å²) in [6.45, 7) is 6.56. The van der Waals surface area contributed by atoms with E-state index in [1.54, 1.807) is 13.2 Å². The third-order valence-electron chi connectivity index (χ3n) is 4.94. The van der Waals surface area contributed by atoms with E-state index < -0.39 is 17.2 Å². The van der Waals surface area contributed by atoms with E-state index >= 15 is 0 Å². The zero-order chi connectivity index (χ0) is 20.6. The van der Waals surface area contributed by atoms with Crippen LogP contribution in [0.4, 0.5) is 13.2 Å². The van der Waals surface area contributed by atoms with E-state index in [1.165, 1.54) is 12.1 Å². The molecular weight excluding hydrogens is 498 g/mol. The summed E-state index contributed by atoms with van der Waals surface area (Å²) in [7, 11) is 1.63. The third-order valence-corrected chi connectivity index (χ3v) is 4.94. The summed E-state index contributed by atoms with van der Waals surface area (Å²) in [6.07, 6.45) is -3.10. The van der Waals surface area contributed by atoms with Crippen molar-refractivity contribution in [2.45, 2.75) is 44.3 Å². The van der Waals surface area contributed by atoms with Gasteiger partial charge in [-0.1, -0.05) is 18.2 Å². The molecule has 9 heteroatoms. The van der Waals surface area contributed by atoms with E-state index in [-0.39, 0.29) is 30.0 Å². The summed E-state index contributed by atoms with van der Waals surface area (Å²) in [4.78, 5) is 4.70. The van der Waals surface area contributed by atoms with E-state index in [1.807, 2.05) is 13.8 Å². The molecule has 166 valence electrons. The number of halogens is 4. The molecule has 0 saturated carbocycles. The molecule has 5 nitrogen and oxygen atoms in total. The summed E-state index contributed by atoms with van der Waals surface area (Å²) < 4.78 is 50.2. The first-order valence-electron chi connectivity index (χ1n) is 9.60. The molecule has 1 fully saturated rings. The molecule has 1 saturated heterocycles. The number of rotatable bonds is 7. The summed E-state index contributed by atoms with van der Waals surface area (Å²) in [5, 5.41) is 6.45. The Labute approximate surface area is 187 Å². The third kappa shape index (κ3) is 7.60. The number of hydrogen-bond donors (Lipinski definition) is 2. The molecule has 1 atom stereocenters. The topological polar surface area (TPSA) is 54.9 Å². The molecule has 1 heterocycles. The predicted octanol–water partition coefficient (Wildman–Crippen LogP) is 3.96. The number of nitrogens with one attached hydrogen (secondary N) is 2. The van der Waals surface area contributed by atoms with Crippen LogP contribution in [0.3, 0.4) is 0 Å². The molecule has 2 N–H and O–H groups in total. The van der Waals surface area contributed by atoms with E-state index in [0.29, 0.717) is 57.3 Å². The van der Waals surface area contributed by atoms with Crippen LogP contribution in [0.5, 0.6) is 0 Å². The summed E-state index contributed by atoms with van der Waals surface area (Å²) in [5.41, 5.74) is -0.444. The van der Waals surface area contributed by atoms with Crippen LogP contribution in [0.1, 0.15) is 37.8 Å². The summed E-state index contributed by atoms with van der Waals surface area (Å²) in [6, 6.07) is 5.67. The maximum absolute atomic E-state index is 13.2. The van der Waals surface area contributed by atoms with Crippen LogP contribution in [-0.2, 0) is 21.1 Å². The van der Waals surface area contributed by atoms with Gasteiger partial charge in [0.1, 0.15) is 0 Å². The fourth-order valence-electron chi connectivity index (χ4n) is 3.40. The Bertz CT molecular complexity index is 650. The van der Waals surface area contributed by atoms with Gasteiger partial charge >= 0.3 is 6.18 Å². The lowest BCUT2D eigenvalue weighted by molar-refractivity contribution is -0.137. The molecule has 0 aromatic heterocycles. The first kappa shape index (κ1) is 26.0. The standard InChI is InChI=1S/C20H30F3N3O2.HI/c1-4-24-18(26-15(2)13-27-3)25-14-19(8-10-28-11-9-19)16-6-5-7-17(12-16)20(21,22)23;/h5-7,12,15H,4,8-11,13-14H2,1-3H3,(H2,24,25,26);1H. The molecule has 0 amide bonds. The number of nitrogens with zero attached hydrogens (tertiary/aromatic N) is 1. The van der Waals surface area contributed by atoms with E-state index in [0.717, 1.165) is 6.07 Å². The van der Waals surface area contributed by atoms with Crippen molar-refractivity contribution in [1.29, 1.82) is 0 Å². The number of hydrogen-bond acceptors (Lipinski definition) is 3. The Kier molecular flexibility index (Phi) is 10.7. The van der Waals surface area contributed by atoms with Crippen molar-refractivity contribution >= 4 is 29.9 Å². The van der Waals surface area contributed by atoms with Gasteiger partial charge in [0.2, 0.25) is 0 Å². The molecule has 2 rings (SSSR count). The highest BCUT2D eigenvalue weighted by atomic mass is 127. The molecule has 1 aliphatic rings. The second-order valence-corrected chi connectivity index (χ2v) is 7.17. The number of methoxy groups -OCH3 is 1. The van der Waals surface area contributed by atoms with Crippen molar-refractivity contribution in [3.63, 3.8) is 0 Å². The number of ether oxygens (including phenoxy) is 2. The molecule has 29 heavy (non-hydrogen) atoms. The Morgan fingerprint density at radius 3 is 2.59 bits per heavy atom. The first-order valence-corrected chi connectivity index (χ1v) is 9.60. The minimum Gasteiger partial charge on any atom is -0.383 e. The Morgan fingerprint density at radius 2 is 2.00 bits per heavy atom. The quantitative estimate of drug-likeness (QED) is 0.319. The highest BCUT2D eigenvalue weighted by Crippen LogP contribution is 2.38. The molecule has 1 unspecified atom stereocenters. The van der Waals surface area contributed by atoms with Crippen LogP contribution in [-0.4, -0.2) is 52.0 Å². The van der Waals surface area contributed by atoms with Gasteiger partial charge in [-0.2, -0.15) is 13.2 Å². The average Bonchev–Trinajstić information content (AvgIpc) is 2.67. The van der Waals surface area contributed by atoms with E-state index in [2.05, 4.69) is 10.6 Å². The van der Waals surface area contributed by atoms with Crippen LogP contribution in [0, 0.1) is 0 Å². The second-order valence-electron chi connectivity index (χ2n) is 7.17. The molecule has 1 aromatic carbocycles. The minimum absolute atomic E-state index is 0. The lowest BCUT2D eigenvalue weighted by Gasteiger charge is -2.37. The fourth-order valence-corrected chi connectivity index (χ4v) is 3.40. The van der Waals surface area contributed by atoms with E-state index in [4.69, 9.17) is 14.5 Å². The fraction of sp³-hybridized carbons (Fsp3) is 0.650. The van der Waals surface area contributed by atoms with Crippen LogP contribution >= 0.6 is 24.0 Å². The van der Waals surface area contributed by atoms with Crippen LogP contribution in [0.2, 0.25) is 0 Å². The number of benzene rings is 1. The molecule has 0 bridgehead atoms. The average molecular weight is 529 g/mol. The van der Waals surface area contributed by atoms with Gasteiger partial charge in [-0.15, -0.1) is 24.0 Å². The zero-order valence-corrected chi connectivity index (χ0v) is 19.5. The Morgan fingerprint density at radius 1 is 1.31 bits per heavy atom. The van der Waals surface area contributed by atoms with Crippen LogP contribution in [0.25, 0.3) is 0 Å². The smallest absolute Gasteiger partial charge is 0.383 e. The molecule has 0 radical (unpaired) electrons. The first-order chi connectivity index (χ1) is 13.3. The number of guanidine groups is 1. The normalized spacial score (nSPS) is 17.9. The maximum Gasteiger partial charge on any atom is 0.416 e. The highest BCUT2D eigenvalue weighted by Gasteiger charge is 2.37. The molecule has 0 aliphatic carbocycles. The van der Waals surface area contributed by atoms with Crippen molar-refractivity contribution in [3.8, 4) is 0 Å². The second kappa shape index (κ2) is 11.9. The summed E-state index contributed by atoms with van der Waals surface area (Å²) in [5.74, 6) is 0.630. The highest BCUT2D eigenvalue weighted by molar-refractivity contribution is 14.0. The summed E-state index contributed by atoms with van der Waals surface area (Å²) >= 11 is 0. The van der Waals surface area contributed by atoms with Gasteiger partial charge in [0, 0.05) is 38.3 Å². The van der Waals surface area contributed by atoms with Crippen molar-refractivity contribution in [1.82, 2.24) is 10.6 Å². The van der Waals surface area contributed by atoms with Crippen molar-refractivity contribution in [2.24, 2.45) is 4.99 Å². The van der Waals surface area contributed by atoms with Crippen LogP contribution in [0.15, 0.2) is 29.3 Å². The largest absolute Gasteiger partial charge is 0.416 e. The Hall–Kier alpha value is -1.07. The maximum atomic E-state index is 13.2. The molecular formula is C20H31F3IN3O2. The Balaban J connectivity index is 0.00000420. The zero-order valence-electron chi connectivity index (χ0n) is 17.1. The number of aliphatic imine (C=N–C) groups is 1. The minimum atomic E-state index is -4.36. The number of alkyl halides is 3. The lowest BCUT2D eigenvalue weighted by Crippen LogP contribution is -2.45. The van der Waals surface area contributed by atoms with Gasteiger partial charge in [0.25, 0.3) is 0 Å². The molecule has 1 aromatic rings. The van der Waals surface area contributed by atoms with E-state index in [9.17, 15) is 13.2 Å². The van der Waals surface area contributed by atoms with Gasteiger partial charge in [-0.25, -0.2) is 0 Å². The molecule has 0 spiro atoms. The monoisotopic (exact) mass is 529 g/mol. The van der Waals surface area contributed by atoms with Gasteiger partial charge in [-0.05, 0) is 38.3 Å². The predicted molar refractivity (Wildman–Crippen MR) is 119 cm³/mol. The SMILES string of the molecule is CCNC(=NCC1(c2cccc(C(F)(F)F)c2)CCOCC1)NC(C)COC.I. The van der Waals surface area contributed by atoms with Crippen molar-refractivity contribution in [2.75, 3.05) is 40.0 Å².